The van der Waals surface area contributed by atoms with Crippen molar-refractivity contribution >= 4 is 23.2 Å². The van der Waals surface area contributed by atoms with Crippen molar-refractivity contribution in [2.75, 3.05) is 18.9 Å². The molecule has 1 aromatic rings. The van der Waals surface area contributed by atoms with Crippen molar-refractivity contribution in [2.24, 2.45) is 0 Å². The number of aliphatic hydroxyl groups is 2. The largest absolute Gasteiger partial charge is 0.397 e. The topological polar surface area (TPSA) is 108 Å². The first kappa shape index (κ1) is 13.7. The van der Waals surface area contributed by atoms with Crippen LogP contribution in [0.25, 0.3) is 0 Å². The van der Waals surface area contributed by atoms with E-state index in [4.69, 9.17) is 27.5 Å². The minimum absolute atomic E-state index is 0.00919. The summed E-state index contributed by atoms with van der Waals surface area (Å²) in [5.74, 6) is -0.555. The molecule has 0 atom stereocenters. The fourth-order valence-corrected chi connectivity index (χ4v) is 1.28. The van der Waals surface area contributed by atoms with Gasteiger partial charge in [0.05, 0.1) is 36.2 Å². The number of anilines is 1. The summed E-state index contributed by atoms with van der Waals surface area (Å²) in [6, 6.07) is 1.37. The zero-order valence-corrected chi connectivity index (χ0v) is 10.0. The second kappa shape index (κ2) is 5.31. The van der Waals surface area contributed by atoms with E-state index >= 15 is 0 Å². The number of hydrogen-bond acceptors (Lipinski definition) is 5. The number of nitrogens with zero attached hydrogens (tertiary/aromatic N) is 1. The van der Waals surface area contributed by atoms with Crippen LogP contribution in [-0.4, -0.2) is 39.9 Å². The normalized spacial score (nSPS) is 11.3. The summed E-state index contributed by atoms with van der Waals surface area (Å²) in [6.07, 6.45) is 1.33. The highest BCUT2D eigenvalue weighted by Gasteiger charge is 2.26. The van der Waals surface area contributed by atoms with Crippen LogP contribution < -0.4 is 11.1 Å². The third-order valence-corrected chi connectivity index (χ3v) is 2.52. The average Bonchev–Trinajstić information content (AvgIpc) is 2.32. The lowest BCUT2D eigenvalue weighted by Crippen LogP contribution is -2.51. The molecule has 1 amide bonds. The van der Waals surface area contributed by atoms with Gasteiger partial charge in [-0.2, -0.15) is 0 Å². The molecule has 7 heteroatoms. The van der Waals surface area contributed by atoms with Gasteiger partial charge in [-0.05, 0) is 13.0 Å². The molecule has 0 saturated carbocycles. The molecule has 1 aromatic heterocycles. The summed E-state index contributed by atoms with van der Waals surface area (Å²) in [6.45, 7) is 0.698. The summed E-state index contributed by atoms with van der Waals surface area (Å²) >= 11 is 5.75. The molecule has 0 aliphatic heterocycles. The van der Waals surface area contributed by atoms with Crippen molar-refractivity contribution in [1.29, 1.82) is 0 Å². The summed E-state index contributed by atoms with van der Waals surface area (Å²) < 4.78 is 0. The molecule has 5 N–H and O–H groups in total. The van der Waals surface area contributed by atoms with Crippen molar-refractivity contribution < 1.29 is 15.0 Å². The monoisotopic (exact) mass is 259 g/mol. The fourth-order valence-electron chi connectivity index (χ4n) is 1.09. The Balaban J connectivity index is 2.94. The maximum absolute atomic E-state index is 11.8. The van der Waals surface area contributed by atoms with Crippen LogP contribution in [0.4, 0.5) is 5.69 Å². The number of pyridine rings is 1. The summed E-state index contributed by atoms with van der Waals surface area (Å²) in [7, 11) is 0. The summed E-state index contributed by atoms with van der Waals surface area (Å²) in [5.41, 5.74) is 4.77. The lowest BCUT2D eigenvalue weighted by molar-refractivity contribution is 0.0723. The number of nitrogen functional groups attached to an aromatic ring is 1. The van der Waals surface area contributed by atoms with Gasteiger partial charge in [0.25, 0.3) is 5.91 Å². The first-order valence-corrected chi connectivity index (χ1v) is 5.25. The molecule has 0 aliphatic carbocycles. The van der Waals surface area contributed by atoms with E-state index in [1.807, 2.05) is 0 Å². The summed E-state index contributed by atoms with van der Waals surface area (Å²) in [5, 5.41) is 20.6. The SMILES string of the molecule is CC(CO)(CO)NC(=O)c1cc(N)cnc1Cl. The van der Waals surface area contributed by atoms with E-state index in [1.54, 1.807) is 0 Å². The molecule has 17 heavy (non-hydrogen) atoms. The van der Waals surface area contributed by atoms with Gasteiger partial charge < -0.3 is 21.3 Å². The first-order valence-electron chi connectivity index (χ1n) is 4.87. The Kier molecular flexibility index (Phi) is 4.28. The quantitative estimate of drug-likeness (QED) is 0.560. The van der Waals surface area contributed by atoms with E-state index in [9.17, 15) is 4.79 Å². The molecule has 0 aliphatic rings. The van der Waals surface area contributed by atoms with Gasteiger partial charge in [0, 0.05) is 0 Å². The number of carbonyl (C=O) groups is 1. The van der Waals surface area contributed by atoms with Crippen LogP contribution in [0, 0.1) is 0 Å². The molecule has 0 bridgehead atoms. The Morgan fingerprint density at radius 3 is 2.71 bits per heavy atom. The predicted octanol–water partition coefficient (Wildman–Crippen LogP) is -0.210. The molecule has 0 spiro atoms. The van der Waals surface area contributed by atoms with Crippen molar-refractivity contribution in [1.82, 2.24) is 10.3 Å². The Morgan fingerprint density at radius 1 is 1.59 bits per heavy atom. The molecule has 1 heterocycles. The average molecular weight is 260 g/mol. The van der Waals surface area contributed by atoms with Gasteiger partial charge in [-0.25, -0.2) is 4.98 Å². The number of amides is 1. The smallest absolute Gasteiger partial charge is 0.255 e. The molecular weight excluding hydrogens is 246 g/mol. The second-order valence-corrected chi connectivity index (χ2v) is 4.30. The van der Waals surface area contributed by atoms with Gasteiger partial charge in [-0.3, -0.25) is 4.79 Å². The maximum Gasteiger partial charge on any atom is 0.255 e. The molecule has 0 saturated heterocycles. The van der Waals surface area contributed by atoms with E-state index in [0.29, 0.717) is 5.69 Å². The van der Waals surface area contributed by atoms with Gasteiger partial charge in [-0.15, -0.1) is 0 Å². The number of rotatable bonds is 4. The first-order chi connectivity index (χ1) is 7.91. The minimum Gasteiger partial charge on any atom is -0.397 e. The minimum atomic E-state index is -1.12. The van der Waals surface area contributed by atoms with Crippen LogP contribution in [0.1, 0.15) is 17.3 Å². The molecule has 0 radical (unpaired) electrons. The van der Waals surface area contributed by atoms with Crippen LogP contribution in [0.2, 0.25) is 5.15 Å². The van der Waals surface area contributed by atoms with Crippen molar-refractivity contribution in [3.63, 3.8) is 0 Å². The van der Waals surface area contributed by atoms with Crippen LogP contribution in [0.3, 0.4) is 0 Å². The number of halogens is 1. The highest BCUT2D eigenvalue weighted by molar-refractivity contribution is 6.32. The van der Waals surface area contributed by atoms with Gasteiger partial charge in [-0.1, -0.05) is 11.6 Å². The number of nitrogens with two attached hydrogens (primary N) is 1. The maximum atomic E-state index is 11.8. The number of nitrogens with one attached hydrogen (secondary N) is 1. The van der Waals surface area contributed by atoms with Gasteiger partial charge in [0.15, 0.2) is 0 Å². The van der Waals surface area contributed by atoms with E-state index < -0.39 is 24.7 Å². The zero-order chi connectivity index (χ0) is 13.1. The Morgan fingerprint density at radius 2 is 2.18 bits per heavy atom. The molecule has 6 nitrogen and oxygen atoms in total. The number of carbonyl (C=O) groups excluding carboxylic acids is 1. The van der Waals surface area contributed by atoms with Crippen LogP contribution in [0.15, 0.2) is 12.3 Å². The zero-order valence-electron chi connectivity index (χ0n) is 9.27. The Bertz CT molecular complexity index is 421. The summed E-state index contributed by atoms with van der Waals surface area (Å²) in [4.78, 5) is 15.6. The van der Waals surface area contributed by atoms with E-state index in [0.717, 1.165) is 0 Å². The highest BCUT2D eigenvalue weighted by Crippen LogP contribution is 2.16. The third-order valence-electron chi connectivity index (χ3n) is 2.22. The van der Waals surface area contributed by atoms with Crippen LogP contribution in [0.5, 0.6) is 0 Å². The molecule has 1 rings (SSSR count). The van der Waals surface area contributed by atoms with Gasteiger partial charge in [0.2, 0.25) is 0 Å². The molecule has 0 aromatic carbocycles. The van der Waals surface area contributed by atoms with Crippen molar-refractivity contribution in [2.45, 2.75) is 12.5 Å². The standard InChI is InChI=1S/C10H14ClN3O3/c1-10(4-15,5-16)14-9(17)7-2-6(12)3-13-8(7)11/h2-3,15-16H,4-5,12H2,1H3,(H,14,17). The van der Waals surface area contributed by atoms with Crippen LogP contribution in [-0.2, 0) is 0 Å². The molecule has 94 valence electrons. The lowest BCUT2D eigenvalue weighted by Gasteiger charge is -2.26. The van der Waals surface area contributed by atoms with E-state index in [-0.39, 0.29) is 10.7 Å². The van der Waals surface area contributed by atoms with Crippen LogP contribution >= 0.6 is 11.6 Å². The molecule has 0 unspecified atom stereocenters. The number of hydrogen-bond donors (Lipinski definition) is 4. The predicted molar refractivity (Wildman–Crippen MR) is 63.7 cm³/mol. The third kappa shape index (κ3) is 3.29. The molecule has 0 fully saturated rings. The van der Waals surface area contributed by atoms with E-state index in [2.05, 4.69) is 10.3 Å². The van der Waals surface area contributed by atoms with Gasteiger partial charge >= 0.3 is 0 Å². The van der Waals surface area contributed by atoms with Gasteiger partial charge in [0.1, 0.15) is 5.15 Å². The van der Waals surface area contributed by atoms with Crippen molar-refractivity contribution in [3.05, 3.63) is 23.0 Å². The van der Waals surface area contributed by atoms with E-state index in [1.165, 1.54) is 19.2 Å². The number of aromatic nitrogens is 1. The van der Waals surface area contributed by atoms with Crippen molar-refractivity contribution in [3.8, 4) is 0 Å². The highest BCUT2D eigenvalue weighted by atomic mass is 35.5. The Hall–Kier alpha value is -1.37. The Labute approximate surface area is 103 Å². The number of aliphatic hydroxyl groups excluding tert-OH is 2. The fraction of sp³-hybridized carbons (Fsp3) is 0.400. The lowest BCUT2D eigenvalue weighted by atomic mass is 10.0. The molecular formula is C10H14ClN3O3. The second-order valence-electron chi connectivity index (χ2n) is 3.94.